The highest BCUT2D eigenvalue weighted by Crippen LogP contribution is 2.09. The average Bonchev–Trinajstić information content (AvgIpc) is 2.30. The molecule has 0 amide bonds. The standard InChI is InChI=1S/C14H27NO2/c1-6-9-11-16-13(4)15(8-3)14(5)17-12-10-7-2/h9-14H,6-8H2,1-5H3/b11-9+,12-10+. The van der Waals surface area contributed by atoms with E-state index >= 15 is 0 Å². The van der Waals surface area contributed by atoms with Crippen molar-refractivity contribution in [1.29, 1.82) is 0 Å². The minimum atomic E-state index is 0.0211. The van der Waals surface area contributed by atoms with Gasteiger partial charge in [-0.15, -0.1) is 0 Å². The maximum Gasteiger partial charge on any atom is 0.151 e. The van der Waals surface area contributed by atoms with Crippen molar-refractivity contribution in [3.63, 3.8) is 0 Å². The quantitative estimate of drug-likeness (QED) is 0.451. The molecule has 0 aromatic carbocycles. The van der Waals surface area contributed by atoms with Crippen LogP contribution in [0.5, 0.6) is 0 Å². The third-order valence-electron chi connectivity index (χ3n) is 2.51. The van der Waals surface area contributed by atoms with E-state index in [1.165, 1.54) is 0 Å². The second kappa shape index (κ2) is 10.2. The smallest absolute Gasteiger partial charge is 0.151 e. The molecule has 0 heterocycles. The predicted octanol–water partition coefficient (Wildman–Crippen LogP) is 3.88. The van der Waals surface area contributed by atoms with Crippen molar-refractivity contribution in [2.75, 3.05) is 6.54 Å². The first-order chi connectivity index (χ1) is 8.17. The van der Waals surface area contributed by atoms with Gasteiger partial charge >= 0.3 is 0 Å². The number of rotatable bonds is 9. The van der Waals surface area contributed by atoms with E-state index in [-0.39, 0.29) is 12.5 Å². The molecule has 17 heavy (non-hydrogen) atoms. The molecule has 100 valence electrons. The Hall–Kier alpha value is -0.960. The zero-order valence-corrected chi connectivity index (χ0v) is 11.8. The Labute approximate surface area is 106 Å². The minimum Gasteiger partial charge on any atom is -0.483 e. The lowest BCUT2D eigenvalue weighted by molar-refractivity contribution is -0.0912. The van der Waals surface area contributed by atoms with Crippen LogP contribution in [0.4, 0.5) is 0 Å². The van der Waals surface area contributed by atoms with Crippen LogP contribution in [0.25, 0.3) is 0 Å². The van der Waals surface area contributed by atoms with Gasteiger partial charge in [-0.05, 0) is 26.7 Å². The van der Waals surface area contributed by atoms with Crippen LogP contribution in [0.2, 0.25) is 0 Å². The van der Waals surface area contributed by atoms with Crippen molar-refractivity contribution < 1.29 is 9.47 Å². The Morgan fingerprint density at radius 1 is 0.882 bits per heavy atom. The molecule has 0 fully saturated rings. The molecule has 0 spiro atoms. The van der Waals surface area contributed by atoms with Gasteiger partial charge in [0.05, 0.1) is 12.5 Å². The van der Waals surface area contributed by atoms with Crippen molar-refractivity contribution in [1.82, 2.24) is 4.90 Å². The van der Waals surface area contributed by atoms with E-state index in [0.29, 0.717) is 0 Å². The van der Waals surface area contributed by atoms with Gasteiger partial charge in [0, 0.05) is 6.54 Å². The summed E-state index contributed by atoms with van der Waals surface area (Å²) in [6.45, 7) is 11.2. The third-order valence-corrected chi connectivity index (χ3v) is 2.51. The van der Waals surface area contributed by atoms with Crippen molar-refractivity contribution >= 4 is 0 Å². The molecule has 0 aliphatic rings. The molecule has 0 bridgehead atoms. The van der Waals surface area contributed by atoms with Crippen LogP contribution in [0, 0.1) is 0 Å². The summed E-state index contributed by atoms with van der Waals surface area (Å²) < 4.78 is 11.2. The van der Waals surface area contributed by atoms with Gasteiger partial charge in [0.25, 0.3) is 0 Å². The highest BCUT2D eigenvalue weighted by Gasteiger charge is 2.18. The van der Waals surface area contributed by atoms with Gasteiger partial charge in [0.15, 0.2) is 12.5 Å². The molecule has 0 aromatic heterocycles. The van der Waals surface area contributed by atoms with Crippen LogP contribution >= 0.6 is 0 Å². The van der Waals surface area contributed by atoms with Gasteiger partial charge in [0.1, 0.15) is 0 Å². The monoisotopic (exact) mass is 241 g/mol. The number of hydrogen-bond donors (Lipinski definition) is 0. The molecule has 3 heteroatoms. The summed E-state index contributed by atoms with van der Waals surface area (Å²) in [5.41, 5.74) is 0. The Balaban J connectivity index is 4.18. The van der Waals surface area contributed by atoms with Crippen molar-refractivity contribution in [3.05, 3.63) is 24.7 Å². The maximum absolute atomic E-state index is 5.60. The molecule has 0 aliphatic carbocycles. The molecule has 0 aliphatic heterocycles. The molecule has 0 saturated carbocycles. The van der Waals surface area contributed by atoms with Gasteiger partial charge in [-0.3, -0.25) is 0 Å². The first-order valence-corrected chi connectivity index (χ1v) is 6.53. The third kappa shape index (κ3) is 7.05. The molecular formula is C14H27NO2. The fourth-order valence-electron chi connectivity index (χ4n) is 1.50. The van der Waals surface area contributed by atoms with Gasteiger partial charge < -0.3 is 9.47 Å². The molecule has 2 atom stereocenters. The Bertz CT molecular complexity index is 204. The van der Waals surface area contributed by atoms with E-state index in [9.17, 15) is 0 Å². The lowest BCUT2D eigenvalue weighted by atomic mass is 10.4. The zero-order valence-electron chi connectivity index (χ0n) is 11.8. The molecule has 0 saturated heterocycles. The van der Waals surface area contributed by atoms with E-state index < -0.39 is 0 Å². The second-order valence-electron chi connectivity index (χ2n) is 3.86. The highest BCUT2D eigenvalue weighted by molar-refractivity contribution is 4.75. The summed E-state index contributed by atoms with van der Waals surface area (Å²) in [6, 6.07) is 0. The molecule has 0 aromatic rings. The largest absolute Gasteiger partial charge is 0.483 e. The van der Waals surface area contributed by atoms with Gasteiger partial charge in [0.2, 0.25) is 0 Å². The van der Waals surface area contributed by atoms with Gasteiger partial charge in [-0.2, -0.15) is 0 Å². The minimum absolute atomic E-state index is 0.0211. The number of hydrogen-bond acceptors (Lipinski definition) is 3. The summed E-state index contributed by atoms with van der Waals surface area (Å²) in [5, 5.41) is 0. The predicted molar refractivity (Wildman–Crippen MR) is 72.3 cm³/mol. The summed E-state index contributed by atoms with van der Waals surface area (Å²) in [7, 11) is 0. The number of allylic oxidation sites excluding steroid dienone is 2. The van der Waals surface area contributed by atoms with Crippen molar-refractivity contribution in [3.8, 4) is 0 Å². The van der Waals surface area contributed by atoms with Crippen LogP contribution in [-0.4, -0.2) is 23.9 Å². The summed E-state index contributed by atoms with van der Waals surface area (Å²) >= 11 is 0. The van der Waals surface area contributed by atoms with Crippen LogP contribution in [0.15, 0.2) is 24.7 Å². The Kier molecular flexibility index (Phi) is 9.63. The number of ether oxygens (including phenoxy) is 2. The van der Waals surface area contributed by atoms with E-state index in [1.807, 2.05) is 26.0 Å². The molecule has 3 nitrogen and oxygen atoms in total. The second-order valence-corrected chi connectivity index (χ2v) is 3.86. The summed E-state index contributed by atoms with van der Waals surface area (Å²) in [6.07, 6.45) is 9.57. The first-order valence-electron chi connectivity index (χ1n) is 6.53. The molecule has 2 unspecified atom stereocenters. The Morgan fingerprint density at radius 2 is 1.29 bits per heavy atom. The van der Waals surface area contributed by atoms with Crippen LogP contribution in [0.3, 0.4) is 0 Å². The van der Waals surface area contributed by atoms with E-state index in [0.717, 1.165) is 19.4 Å². The van der Waals surface area contributed by atoms with E-state index in [4.69, 9.17) is 9.47 Å². The van der Waals surface area contributed by atoms with E-state index in [1.54, 1.807) is 12.5 Å². The highest BCUT2D eigenvalue weighted by atomic mass is 16.5. The Morgan fingerprint density at radius 3 is 1.59 bits per heavy atom. The average molecular weight is 241 g/mol. The van der Waals surface area contributed by atoms with Crippen molar-refractivity contribution in [2.45, 2.75) is 59.9 Å². The molecule has 0 rings (SSSR count). The maximum atomic E-state index is 5.60. The lowest BCUT2D eigenvalue weighted by Crippen LogP contribution is -2.41. The SMILES string of the molecule is CC/C=C/OC(C)N(CC)C(C)O/C=C/CC. The zero-order chi connectivity index (χ0) is 13.1. The lowest BCUT2D eigenvalue weighted by Gasteiger charge is -2.31. The van der Waals surface area contributed by atoms with Crippen molar-refractivity contribution in [2.24, 2.45) is 0 Å². The fraction of sp³-hybridized carbons (Fsp3) is 0.714. The van der Waals surface area contributed by atoms with Crippen LogP contribution in [0.1, 0.15) is 47.5 Å². The molecule has 0 radical (unpaired) electrons. The van der Waals surface area contributed by atoms with Gasteiger partial charge in [-0.1, -0.05) is 32.9 Å². The molecular weight excluding hydrogens is 214 g/mol. The van der Waals surface area contributed by atoms with Crippen LogP contribution < -0.4 is 0 Å². The summed E-state index contributed by atoms with van der Waals surface area (Å²) in [4.78, 5) is 2.15. The first kappa shape index (κ1) is 16.0. The fourth-order valence-corrected chi connectivity index (χ4v) is 1.50. The normalized spacial score (nSPS) is 15.6. The van der Waals surface area contributed by atoms with Crippen LogP contribution in [-0.2, 0) is 9.47 Å². The molecule has 0 N–H and O–H groups in total. The topological polar surface area (TPSA) is 21.7 Å². The van der Waals surface area contributed by atoms with Gasteiger partial charge in [-0.25, -0.2) is 4.90 Å². The summed E-state index contributed by atoms with van der Waals surface area (Å²) in [5.74, 6) is 0. The van der Waals surface area contributed by atoms with E-state index in [2.05, 4.69) is 25.7 Å². The number of nitrogens with zero attached hydrogens (tertiary/aromatic N) is 1.